The van der Waals surface area contributed by atoms with Crippen LogP contribution >= 0.6 is 0 Å². The predicted molar refractivity (Wildman–Crippen MR) is 55.9 cm³/mol. The second kappa shape index (κ2) is 6.28. The SMILES string of the molecule is Cc1ccoc1CCCCC#CCO. The van der Waals surface area contributed by atoms with Gasteiger partial charge in [0.05, 0.1) is 6.26 Å². The molecule has 0 saturated heterocycles. The number of rotatable bonds is 4. The Hall–Kier alpha value is -1.20. The number of unbranched alkanes of at least 4 members (excludes halogenated alkanes) is 2. The van der Waals surface area contributed by atoms with Gasteiger partial charge in [-0.05, 0) is 31.4 Å². The van der Waals surface area contributed by atoms with Crippen molar-refractivity contribution in [3.05, 3.63) is 23.7 Å². The Morgan fingerprint density at radius 2 is 2.21 bits per heavy atom. The van der Waals surface area contributed by atoms with Crippen LogP contribution in [-0.2, 0) is 6.42 Å². The standard InChI is InChI=1S/C12H16O2/c1-11-8-10-14-12(11)7-5-3-2-4-6-9-13/h8,10,13H,2-3,5,7,9H2,1H3. The summed E-state index contributed by atoms with van der Waals surface area (Å²) in [7, 11) is 0. The molecule has 0 saturated carbocycles. The fourth-order valence-corrected chi connectivity index (χ4v) is 1.30. The van der Waals surface area contributed by atoms with Crippen molar-refractivity contribution in [3.63, 3.8) is 0 Å². The second-order valence-electron chi connectivity index (χ2n) is 3.25. The number of aryl methyl sites for hydroxylation is 2. The molecule has 1 aromatic rings. The van der Waals surface area contributed by atoms with Gasteiger partial charge in [-0.3, -0.25) is 0 Å². The molecular weight excluding hydrogens is 176 g/mol. The lowest BCUT2D eigenvalue weighted by Crippen LogP contribution is -1.85. The normalized spacial score (nSPS) is 9.57. The molecule has 14 heavy (non-hydrogen) atoms. The minimum absolute atomic E-state index is 0.0305. The van der Waals surface area contributed by atoms with Crippen molar-refractivity contribution in [2.45, 2.75) is 32.6 Å². The van der Waals surface area contributed by atoms with Gasteiger partial charge in [-0.15, -0.1) is 5.92 Å². The summed E-state index contributed by atoms with van der Waals surface area (Å²) in [6.07, 6.45) is 5.73. The van der Waals surface area contributed by atoms with E-state index in [1.54, 1.807) is 6.26 Å². The molecule has 1 aromatic heterocycles. The number of aliphatic hydroxyl groups excluding tert-OH is 1. The minimum atomic E-state index is -0.0305. The smallest absolute Gasteiger partial charge is 0.106 e. The van der Waals surface area contributed by atoms with Crippen LogP contribution in [0.25, 0.3) is 0 Å². The average molecular weight is 192 g/mol. The zero-order valence-corrected chi connectivity index (χ0v) is 8.55. The summed E-state index contributed by atoms with van der Waals surface area (Å²) < 4.78 is 5.32. The molecule has 0 atom stereocenters. The molecule has 0 aliphatic carbocycles. The average Bonchev–Trinajstić information content (AvgIpc) is 2.58. The van der Waals surface area contributed by atoms with Crippen molar-refractivity contribution < 1.29 is 9.52 Å². The van der Waals surface area contributed by atoms with E-state index in [-0.39, 0.29) is 6.61 Å². The zero-order chi connectivity index (χ0) is 10.2. The molecule has 1 N–H and O–H groups in total. The highest BCUT2D eigenvalue weighted by atomic mass is 16.3. The summed E-state index contributed by atoms with van der Waals surface area (Å²) in [4.78, 5) is 0. The first kappa shape index (κ1) is 10.9. The molecule has 0 aliphatic rings. The Kier molecular flexibility index (Phi) is 4.88. The zero-order valence-electron chi connectivity index (χ0n) is 8.55. The molecule has 0 radical (unpaired) electrons. The predicted octanol–water partition coefficient (Wildman–Crippen LogP) is 2.30. The van der Waals surface area contributed by atoms with Crippen LogP contribution < -0.4 is 0 Å². The second-order valence-corrected chi connectivity index (χ2v) is 3.25. The monoisotopic (exact) mass is 192 g/mol. The molecule has 2 nitrogen and oxygen atoms in total. The molecule has 0 fully saturated rings. The van der Waals surface area contributed by atoms with E-state index in [4.69, 9.17) is 9.52 Å². The fraction of sp³-hybridized carbons (Fsp3) is 0.500. The van der Waals surface area contributed by atoms with Crippen LogP contribution in [0.15, 0.2) is 16.7 Å². The van der Waals surface area contributed by atoms with Crippen molar-refractivity contribution in [2.24, 2.45) is 0 Å². The van der Waals surface area contributed by atoms with E-state index in [0.29, 0.717) is 0 Å². The van der Waals surface area contributed by atoms with E-state index in [2.05, 4.69) is 18.8 Å². The Balaban J connectivity index is 2.13. The van der Waals surface area contributed by atoms with Crippen molar-refractivity contribution in [3.8, 4) is 11.8 Å². The van der Waals surface area contributed by atoms with E-state index in [0.717, 1.165) is 31.4 Å². The van der Waals surface area contributed by atoms with Gasteiger partial charge in [0.1, 0.15) is 12.4 Å². The molecule has 76 valence electrons. The van der Waals surface area contributed by atoms with E-state index < -0.39 is 0 Å². The first-order chi connectivity index (χ1) is 6.84. The number of hydrogen-bond acceptors (Lipinski definition) is 2. The molecule has 0 unspecified atom stereocenters. The summed E-state index contributed by atoms with van der Waals surface area (Å²) in [5.41, 5.74) is 1.23. The van der Waals surface area contributed by atoms with E-state index >= 15 is 0 Å². The lowest BCUT2D eigenvalue weighted by Gasteiger charge is -1.96. The molecule has 0 spiro atoms. The van der Waals surface area contributed by atoms with Gasteiger partial charge >= 0.3 is 0 Å². The summed E-state index contributed by atoms with van der Waals surface area (Å²) in [6, 6.07) is 1.99. The van der Waals surface area contributed by atoms with Gasteiger partial charge < -0.3 is 9.52 Å². The van der Waals surface area contributed by atoms with Crippen molar-refractivity contribution >= 4 is 0 Å². The molecular formula is C12H16O2. The molecule has 0 amide bonds. The number of aliphatic hydroxyl groups is 1. The first-order valence-corrected chi connectivity index (χ1v) is 4.94. The Morgan fingerprint density at radius 3 is 2.86 bits per heavy atom. The van der Waals surface area contributed by atoms with E-state index in [1.165, 1.54) is 5.56 Å². The molecule has 1 heterocycles. The van der Waals surface area contributed by atoms with Crippen LogP contribution in [0.4, 0.5) is 0 Å². The van der Waals surface area contributed by atoms with Gasteiger partial charge in [-0.2, -0.15) is 0 Å². The maximum absolute atomic E-state index is 8.42. The maximum Gasteiger partial charge on any atom is 0.106 e. The lowest BCUT2D eigenvalue weighted by molar-refractivity contribution is 0.350. The van der Waals surface area contributed by atoms with Crippen LogP contribution in [0.2, 0.25) is 0 Å². The topological polar surface area (TPSA) is 33.4 Å². The van der Waals surface area contributed by atoms with Gasteiger partial charge in [0.25, 0.3) is 0 Å². The molecule has 0 bridgehead atoms. The first-order valence-electron chi connectivity index (χ1n) is 4.94. The highest BCUT2D eigenvalue weighted by Gasteiger charge is 1.99. The third-order valence-electron chi connectivity index (χ3n) is 2.13. The Bertz CT molecular complexity index is 315. The minimum Gasteiger partial charge on any atom is -0.469 e. The van der Waals surface area contributed by atoms with Crippen molar-refractivity contribution in [2.75, 3.05) is 6.61 Å². The molecule has 0 aromatic carbocycles. The highest BCUT2D eigenvalue weighted by molar-refractivity contribution is 5.14. The van der Waals surface area contributed by atoms with Gasteiger partial charge in [0, 0.05) is 12.8 Å². The molecule has 1 rings (SSSR count). The summed E-state index contributed by atoms with van der Waals surface area (Å²) >= 11 is 0. The van der Waals surface area contributed by atoms with E-state index in [9.17, 15) is 0 Å². The third-order valence-corrected chi connectivity index (χ3v) is 2.13. The van der Waals surface area contributed by atoms with Crippen LogP contribution in [0.1, 0.15) is 30.6 Å². The van der Waals surface area contributed by atoms with Gasteiger partial charge in [0.2, 0.25) is 0 Å². The molecule has 0 aliphatic heterocycles. The van der Waals surface area contributed by atoms with Crippen LogP contribution in [0.5, 0.6) is 0 Å². The Labute approximate surface area is 84.9 Å². The van der Waals surface area contributed by atoms with Crippen LogP contribution in [-0.4, -0.2) is 11.7 Å². The lowest BCUT2D eigenvalue weighted by atomic mass is 10.1. The highest BCUT2D eigenvalue weighted by Crippen LogP contribution is 2.12. The van der Waals surface area contributed by atoms with Crippen LogP contribution in [0, 0.1) is 18.8 Å². The summed E-state index contributed by atoms with van der Waals surface area (Å²) in [6.45, 7) is 2.03. The van der Waals surface area contributed by atoms with Gasteiger partial charge in [-0.25, -0.2) is 0 Å². The summed E-state index contributed by atoms with van der Waals surface area (Å²) in [5.74, 6) is 6.62. The Morgan fingerprint density at radius 1 is 1.36 bits per heavy atom. The largest absolute Gasteiger partial charge is 0.469 e. The van der Waals surface area contributed by atoms with Crippen molar-refractivity contribution in [1.29, 1.82) is 0 Å². The molecule has 2 heteroatoms. The maximum atomic E-state index is 8.42. The quantitative estimate of drug-likeness (QED) is 0.586. The van der Waals surface area contributed by atoms with Gasteiger partial charge in [-0.1, -0.05) is 5.92 Å². The van der Waals surface area contributed by atoms with Crippen molar-refractivity contribution in [1.82, 2.24) is 0 Å². The fourth-order valence-electron chi connectivity index (χ4n) is 1.30. The number of hydrogen-bond donors (Lipinski definition) is 1. The third kappa shape index (κ3) is 3.68. The summed E-state index contributed by atoms with van der Waals surface area (Å²) in [5, 5.41) is 8.42. The van der Waals surface area contributed by atoms with Crippen LogP contribution in [0.3, 0.4) is 0 Å². The van der Waals surface area contributed by atoms with E-state index in [1.807, 2.05) is 6.07 Å². The number of furan rings is 1. The van der Waals surface area contributed by atoms with Gasteiger partial charge in [0.15, 0.2) is 0 Å².